The standard InChI is InChI=1S/C22H23N5O5.C2H4O2/c1-22(15-9-7-14(8-10-15)19(23)24)20(31)27(21(32)26-22)12-17(28)25-16(11-18(29)30)13-5-3-2-4-6-13;1-2(3)4/h2-10,16H,11-12H2,1H3,(H3,23,24)(H,25,28)(H,26,32)(H,29,30);1H3,(H,3,4)/t16-,22-;/m0./s1. The van der Waals surface area contributed by atoms with Gasteiger partial charge in [0.2, 0.25) is 5.91 Å². The number of amides is 4. The third kappa shape index (κ3) is 6.88. The van der Waals surface area contributed by atoms with Gasteiger partial charge in [0.1, 0.15) is 17.9 Å². The van der Waals surface area contributed by atoms with Crippen molar-refractivity contribution < 1.29 is 34.2 Å². The molecule has 0 unspecified atom stereocenters. The number of carboxylic acids is 2. The van der Waals surface area contributed by atoms with Crippen LogP contribution in [0.3, 0.4) is 0 Å². The molecule has 3 rings (SSSR count). The highest BCUT2D eigenvalue weighted by Gasteiger charge is 2.49. The van der Waals surface area contributed by atoms with Crippen LogP contribution in [0.25, 0.3) is 0 Å². The SMILES string of the molecule is CC(=O)O.C[C@@]1(c2ccc(C(=N)N)cc2)NC(=O)N(CC(=O)N[C@@H](CC(=O)O)c2ccccc2)C1=O. The van der Waals surface area contributed by atoms with Gasteiger partial charge in [-0.1, -0.05) is 54.6 Å². The monoisotopic (exact) mass is 497 g/mol. The number of carbonyl (C=O) groups is 5. The number of urea groups is 1. The van der Waals surface area contributed by atoms with Crippen LogP contribution in [0.2, 0.25) is 0 Å². The predicted molar refractivity (Wildman–Crippen MR) is 128 cm³/mol. The maximum Gasteiger partial charge on any atom is 0.325 e. The highest BCUT2D eigenvalue weighted by molar-refractivity contribution is 6.09. The first-order chi connectivity index (χ1) is 16.8. The Morgan fingerprint density at radius 2 is 1.64 bits per heavy atom. The topological polar surface area (TPSA) is 203 Å². The molecule has 36 heavy (non-hydrogen) atoms. The second-order valence-corrected chi connectivity index (χ2v) is 8.09. The normalized spacial score (nSPS) is 17.3. The second-order valence-electron chi connectivity index (χ2n) is 8.09. The summed E-state index contributed by atoms with van der Waals surface area (Å²) in [6.07, 6.45) is -0.351. The van der Waals surface area contributed by atoms with Crippen molar-refractivity contribution in [3.63, 3.8) is 0 Å². The summed E-state index contributed by atoms with van der Waals surface area (Å²) in [5.74, 6) is -3.35. The number of hydrogen-bond donors (Lipinski definition) is 6. The van der Waals surface area contributed by atoms with E-state index < -0.39 is 47.9 Å². The molecule has 12 heteroatoms. The van der Waals surface area contributed by atoms with Crippen LogP contribution < -0.4 is 16.4 Å². The van der Waals surface area contributed by atoms with Crippen LogP contribution in [0.15, 0.2) is 54.6 Å². The van der Waals surface area contributed by atoms with Crippen molar-refractivity contribution in [2.24, 2.45) is 5.73 Å². The number of nitrogen functional groups attached to an aromatic ring is 1. The van der Waals surface area contributed by atoms with E-state index in [-0.39, 0.29) is 12.3 Å². The molecule has 12 nitrogen and oxygen atoms in total. The summed E-state index contributed by atoms with van der Waals surface area (Å²) in [6, 6.07) is 13.3. The molecule has 2 aromatic carbocycles. The molecule has 1 heterocycles. The molecule has 1 aliphatic heterocycles. The van der Waals surface area contributed by atoms with E-state index >= 15 is 0 Å². The Labute approximate surface area is 206 Å². The van der Waals surface area contributed by atoms with E-state index in [0.29, 0.717) is 16.7 Å². The van der Waals surface area contributed by atoms with Crippen LogP contribution in [0.1, 0.15) is 43.0 Å². The maximum atomic E-state index is 13.0. The number of nitrogens with one attached hydrogen (secondary N) is 3. The molecule has 4 amide bonds. The minimum absolute atomic E-state index is 0.129. The van der Waals surface area contributed by atoms with Crippen molar-refractivity contribution in [3.8, 4) is 0 Å². The molecule has 0 saturated carbocycles. The van der Waals surface area contributed by atoms with Gasteiger partial charge in [0, 0.05) is 12.5 Å². The number of imide groups is 1. The van der Waals surface area contributed by atoms with Gasteiger partial charge in [-0.05, 0) is 18.1 Å². The number of benzene rings is 2. The average molecular weight is 498 g/mol. The number of carbonyl (C=O) groups excluding carboxylic acids is 3. The summed E-state index contributed by atoms with van der Waals surface area (Å²) in [6.45, 7) is 2.04. The number of aliphatic carboxylic acids is 2. The summed E-state index contributed by atoms with van der Waals surface area (Å²) in [5, 5.41) is 29.2. The molecule has 1 saturated heterocycles. The summed E-state index contributed by atoms with van der Waals surface area (Å²) >= 11 is 0. The first-order valence-electron chi connectivity index (χ1n) is 10.7. The van der Waals surface area contributed by atoms with Crippen LogP contribution >= 0.6 is 0 Å². The Bertz CT molecular complexity index is 1160. The fraction of sp³-hybridized carbons (Fsp3) is 0.250. The third-order valence-corrected chi connectivity index (χ3v) is 5.27. The van der Waals surface area contributed by atoms with E-state index in [9.17, 15) is 24.3 Å². The summed E-state index contributed by atoms with van der Waals surface area (Å²) in [5.41, 5.74) is 5.58. The van der Waals surface area contributed by atoms with Crippen molar-refractivity contribution in [2.75, 3.05) is 6.54 Å². The molecule has 1 aliphatic rings. The quantitative estimate of drug-likeness (QED) is 0.177. The summed E-state index contributed by atoms with van der Waals surface area (Å²) < 4.78 is 0. The zero-order valence-corrected chi connectivity index (χ0v) is 19.6. The van der Waals surface area contributed by atoms with E-state index in [1.54, 1.807) is 54.6 Å². The number of hydrogen-bond acceptors (Lipinski definition) is 6. The number of rotatable bonds is 8. The Hall–Kier alpha value is -4.74. The lowest BCUT2D eigenvalue weighted by Gasteiger charge is -2.23. The molecule has 7 N–H and O–H groups in total. The van der Waals surface area contributed by atoms with Gasteiger partial charge in [-0.15, -0.1) is 0 Å². The highest BCUT2D eigenvalue weighted by atomic mass is 16.4. The summed E-state index contributed by atoms with van der Waals surface area (Å²) in [7, 11) is 0. The number of carboxylic acid groups (broad SMARTS) is 2. The third-order valence-electron chi connectivity index (χ3n) is 5.27. The summed E-state index contributed by atoms with van der Waals surface area (Å²) in [4.78, 5) is 59.1. The van der Waals surface area contributed by atoms with E-state index in [1.807, 2.05) is 0 Å². The Morgan fingerprint density at radius 3 is 2.14 bits per heavy atom. The van der Waals surface area contributed by atoms with Gasteiger partial charge >= 0.3 is 12.0 Å². The van der Waals surface area contributed by atoms with Crippen LogP contribution in [0, 0.1) is 5.41 Å². The Balaban J connectivity index is 0.00000106. The van der Waals surface area contributed by atoms with E-state index in [2.05, 4.69) is 10.6 Å². The van der Waals surface area contributed by atoms with Gasteiger partial charge in [0.25, 0.3) is 11.9 Å². The minimum Gasteiger partial charge on any atom is -0.481 e. The van der Waals surface area contributed by atoms with Crippen molar-refractivity contribution in [2.45, 2.75) is 31.8 Å². The molecule has 0 radical (unpaired) electrons. The number of nitrogens with two attached hydrogens (primary N) is 1. The second kappa shape index (κ2) is 11.6. The highest BCUT2D eigenvalue weighted by Crippen LogP contribution is 2.29. The lowest BCUT2D eigenvalue weighted by molar-refractivity contribution is -0.138. The predicted octanol–water partition coefficient (Wildman–Crippen LogP) is 1.16. The zero-order chi connectivity index (χ0) is 27.0. The largest absolute Gasteiger partial charge is 0.481 e. The fourth-order valence-corrected chi connectivity index (χ4v) is 3.52. The van der Waals surface area contributed by atoms with Crippen LogP contribution in [0.4, 0.5) is 4.79 Å². The molecule has 190 valence electrons. The molecule has 1 fully saturated rings. The Morgan fingerprint density at radius 1 is 1.08 bits per heavy atom. The van der Waals surface area contributed by atoms with Crippen molar-refractivity contribution >= 4 is 35.6 Å². The molecule has 0 spiro atoms. The van der Waals surface area contributed by atoms with Gasteiger partial charge in [-0.2, -0.15) is 0 Å². The van der Waals surface area contributed by atoms with Gasteiger partial charge < -0.3 is 26.6 Å². The molecule has 0 bridgehead atoms. The van der Waals surface area contributed by atoms with Crippen molar-refractivity contribution in [1.29, 1.82) is 5.41 Å². The molecule has 0 aromatic heterocycles. The first-order valence-corrected chi connectivity index (χ1v) is 10.7. The van der Waals surface area contributed by atoms with Crippen LogP contribution in [0.5, 0.6) is 0 Å². The van der Waals surface area contributed by atoms with E-state index in [0.717, 1.165) is 11.8 Å². The van der Waals surface area contributed by atoms with Gasteiger partial charge in [0.15, 0.2) is 0 Å². The smallest absolute Gasteiger partial charge is 0.325 e. The van der Waals surface area contributed by atoms with Gasteiger partial charge in [-0.3, -0.25) is 29.5 Å². The molecule has 2 atom stereocenters. The zero-order valence-electron chi connectivity index (χ0n) is 19.6. The first kappa shape index (κ1) is 27.5. The van der Waals surface area contributed by atoms with Gasteiger partial charge in [-0.25, -0.2) is 4.79 Å². The van der Waals surface area contributed by atoms with E-state index in [1.165, 1.54) is 6.92 Å². The average Bonchev–Trinajstić information content (AvgIpc) is 3.02. The van der Waals surface area contributed by atoms with Gasteiger partial charge in [0.05, 0.1) is 12.5 Å². The lowest BCUT2D eigenvalue weighted by Crippen LogP contribution is -2.44. The number of amidine groups is 1. The maximum absolute atomic E-state index is 13.0. The van der Waals surface area contributed by atoms with E-state index in [4.69, 9.17) is 21.0 Å². The van der Waals surface area contributed by atoms with Crippen molar-refractivity contribution in [3.05, 3.63) is 71.3 Å². The Kier molecular flexibility index (Phi) is 8.86. The molecule has 2 aromatic rings. The van der Waals surface area contributed by atoms with Crippen LogP contribution in [-0.4, -0.2) is 57.3 Å². The number of nitrogens with zero attached hydrogens (tertiary/aromatic N) is 1. The molecular weight excluding hydrogens is 470 g/mol. The fourth-order valence-electron chi connectivity index (χ4n) is 3.52. The minimum atomic E-state index is -1.40. The molecular formula is C24H27N5O7. The molecule has 0 aliphatic carbocycles. The van der Waals surface area contributed by atoms with Crippen molar-refractivity contribution in [1.82, 2.24) is 15.5 Å². The lowest BCUT2D eigenvalue weighted by atomic mass is 9.91. The van der Waals surface area contributed by atoms with Crippen LogP contribution in [-0.2, 0) is 24.7 Å².